The summed E-state index contributed by atoms with van der Waals surface area (Å²) >= 11 is 0. The predicted octanol–water partition coefficient (Wildman–Crippen LogP) is 3.34. The van der Waals surface area contributed by atoms with Crippen molar-refractivity contribution in [2.75, 3.05) is 6.54 Å². The fourth-order valence-electron chi connectivity index (χ4n) is 5.36. The zero-order valence-electron chi connectivity index (χ0n) is 18.7. The Hall–Kier alpha value is -3.93. The van der Waals surface area contributed by atoms with E-state index in [4.69, 9.17) is 0 Å². The number of allylic oxidation sites excluding steroid dienone is 3. The smallest absolute Gasteiger partial charge is 0.229 e. The van der Waals surface area contributed by atoms with E-state index < -0.39 is 22.9 Å². The summed E-state index contributed by atoms with van der Waals surface area (Å²) in [4.78, 5) is 64.1. The average molecular weight is 453 g/mol. The Balaban J connectivity index is 1.52. The molecule has 6 nitrogen and oxygen atoms in total. The molecule has 170 valence electrons. The lowest BCUT2D eigenvalue weighted by molar-refractivity contribution is -0.126. The van der Waals surface area contributed by atoms with Crippen LogP contribution in [-0.4, -0.2) is 35.5 Å². The molecule has 0 amide bonds. The Morgan fingerprint density at radius 2 is 1.62 bits per heavy atom. The van der Waals surface area contributed by atoms with Crippen molar-refractivity contribution in [1.29, 1.82) is 0 Å². The van der Waals surface area contributed by atoms with Crippen LogP contribution in [0.3, 0.4) is 0 Å². The van der Waals surface area contributed by atoms with Crippen LogP contribution in [-0.2, 0) is 21.4 Å². The zero-order chi connectivity index (χ0) is 24.0. The van der Waals surface area contributed by atoms with E-state index in [9.17, 15) is 24.0 Å². The fraction of sp³-hybridized carbons (Fsp3) is 0.250. The van der Waals surface area contributed by atoms with Crippen molar-refractivity contribution in [2.45, 2.75) is 31.6 Å². The van der Waals surface area contributed by atoms with E-state index in [0.717, 1.165) is 12.0 Å². The van der Waals surface area contributed by atoms with Crippen molar-refractivity contribution in [3.05, 3.63) is 94.2 Å². The Morgan fingerprint density at radius 3 is 2.32 bits per heavy atom. The van der Waals surface area contributed by atoms with Gasteiger partial charge < -0.3 is 5.32 Å². The molecule has 1 saturated carbocycles. The number of fused-ring (bicyclic) bond motifs is 4. The minimum atomic E-state index is -0.930. The second-order valence-electron chi connectivity index (χ2n) is 9.26. The topological polar surface area (TPSA) is 97.4 Å². The normalized spacial score (nSPS) is 24.7. The molecule has 2 atom stereocenters. The molecule has 2 aromatic rings. The van der Waals surface area contributed by atoms with E-state index in [0.29, 0.717) is 24.1 Å². The van der Waals surface area contributed by atoms with Gasteiger partial charge in [0.1, 0.15) is 0 Å². The van der Waals surface area contributed by atoms with Crippen LogP contribution in [0.1, 0.15) is 62.0 Å². The molecular formula is C28H23NO5. The number of ketones is 5. The van der Waals surface area contributed by atoms with Crippen LogP contribution in [0.15, 0.2) is 66.4 Å². The maximum Gasteiger partial charge on any atom is 0.229 e. The standard InChI is InChI=1S/C28H23NO5/c1-28-11-9-24(32)20(15-29-12-10-16-5-3-2-4-6-16)25(28)27(34)26(33)19-13-17-18(14-21(19)28)23(31)8-7-22(17)30/h2-8,13-15,25,29H,9-12H2,1H3/b20-15+/t25?,28-/m0/s1. The van der Waals surface area contributed by atoms with Gasteiger partial charge in [-0.15, -0.1) is 0 Å². The molecule has 2 aromatic carbocycles. The largest absolute Gasteiger partial charge is 0.390 e. The molecule has 5 rings (SSSR count). The van der Waals surface area contributed by atoms with E-state index in [1.165, 1.54) is 18.2 Å². The Morgan fingerprint density at radius 1 is 0.941 bits per heavy atom. The molecule has 0 radical (unpaired) electrons. The van der Waals surface area contributed by atoms with E-state index in [-0.39, 0.29) is 40.5 Å². The number of nitrogens with one attached hydrogen (secondary N) is 1. The van der Waals surface area contributed by atoms with Gasteiger partial charge in [0.25, 0.3) is 0 Å². The molecule has 0 saturated heterocycles. The first-order valence-electron chi connectivity index (χ1n) is 11.4. The quantitative estimate of drug-likeness (QED) is 0.433. The summed E-state index contributed by atoms with van der Waals surface area (Å²) in [6.45, 7) is 2.43. The lowest BCUT2D eigenvalue weighted by atomic mass is 9.55. The number of carbonyl (C=O) groups excluding carboxylic acids is 5. The third-order valence-electron chi connectivity index (χ3n) is 7.22. The van der Waals surface area contributed by atoms with Crippen LogP contribution >= 0.6 is 0 Å². The van der Waals surface area contributed by atoms with Crippen LogP contribution in [0.25, 0.3) is 0 Å². The SMILES string of the molecule is C[C@@]12CCC(=O)/C(=C\NCCc3ccccc3)C1C(=O)C(=O)c1cc3c(cc12)C(=O)C=CC3=O. The highest BCUT2D eigenvalue weighted by atomic mass is 16.2. The molecule has 1 unspecified atom stereocenters. The van der Waals surface area contributed by atoms with Gasteiger partial charge in [0.15, 0.2) is 17.3 Å². The summed E-state index contributed by atoms with van der Waals surface area (Å²) in [6.07, 6.45) is 5.33. The third kappa shape index (κ3) is 3.37. The van der Waals surface area contributed by atoms with Gasteiger partial charge in [-0.3, -0.25) is 24.0 Å². The number of rotatable bonds is 4. The van der Waals surface area contributed by atoms with Crippen LogP contribution < -0.4 is 5.32 Å². The van der Waals surface area contributed by atoms with Gasteiger partial charge in [-0.1, -0.05) is 37.3 Å². The maximum absolute atomic E-state index is 13.3. The number of benzene rings is 2. The number of hydrogen-bond acceptors (Lipinski definition) is 6. The first-order chi connectivity index (χ1) is 16.3. The number of carbonyl (C=O) groups is 5. The van der Waals surface area contributed by atoms with Crippen LogP contribution in [0.5, 0.6) is 0 Å². The minimum Gasteiger partial charge on any atom is -0.390 e. The fourth-order valence-corrected chi connectivity index (χ4v) is 5.36. The molecule has 0 spiro atoms. The van der Waals surface area contributed by atoms with Crippen LogP contribution in [0.4, 0.5) is 0 Å². The third-order valence-corrected chi connectivity index (χ3v) is 7.22. The van der Waals surface area contributed by atoms with Crippen molar-refractivity contribution in [3.63, 3.8) is 0 Å². The maximum atomic E-state index is 13.3. The van der Waals surface area contributed by atoms with Gasteiger partial charge in [0.05, 0.1) is 5.92 Å². The molecule has 0 aromatic heterocycles. The van der Waals surface area contributed by atoms with E-state index in [2.05, 4.69) is 5.32 Å². The zero-order valence-corrected chi connectivity index (χ0v) is 18.7. The second-order valence-corrected chi connectivity index (χ2v) is 9.26. The second kappa shape index (κ2) is 8.13. The molecule has 1 N–H and O–H groups in total. The summed E-state index contributed by atoms with van der Waals surface area (Å²) < 4.78 is 0. The molecule has 34 heavy (non-hydrogen) atoms. The lowest BCUT2D eigenvalue weighted by Gasteiger charge is -2.45. The van der Waals surface area contributed by atoms with Gasteiger partial charge in [-0.2, -0.15) is 0 Å². The van der Waals surface area contributed by atoms with E-state index in [1.807, 2.05) is 37.3 Å². The highest BCUT2D eigenvalue weighted by molar-refractivity contribution is 6.47. The molecule has 1 fully saturated rings. The summed E-state index contributed by atoms with van der Waals surface area (Å²) in [7, 11) is 0. The van der Waals surface area contributed by atoms with Gasteiger partial charge >= 0.3 is 0 Å². The average Bonchev–Trinajstić information content (AvgIpc) is 2.84. The molecule has 3 aliphatic rings. The Labute approximate surface area is 196 Å². The van der Waals surface area contributed by atoms with Gasteiger partial charge in [0.2, 0.25) is 11.6 Å². The Kier molecular flexibility index (Phi) is 5.24. The summed E-state index contributed by atoms with van der Waals surface area (Å²) in [6, 6.07) is 12.9. The predicted molar refractivity (Wildman–Crippen MR) is 125 cm³/mol. The van der Waals surface area contributed by atoms with Crippen molar-refractivity contribution in [1.82, 2.24) is 5.32 Å². The summed E-state index contributed by atoms with van der Waals surface area (Å²) in [5.74, 6) is -3.14. The van der Waals surface area contributed by atoms with Crippen molar-refractivity contribution in [2.24, 2.45) is 5.92 Å². The minimum absolute atomic E-state index is 0.139. The van der Waals surface area contributed by atoms with Gasteiger partial charge in [-0.05, 0) is 48.3 Å². The highest BCUT2D eigenvalue weighted by Gasteiger charge is 2.54. The summed E-state index contributed by atoms with van der Waals surface area (Å²) in [5, 5.41) is 3.15. The van der Waals surface area contributed by atoms with Crippen molar-refractivity contribution >= 4 is 28.9 Å². The first kappa shape index (κ1) is 21.9. The molecule has 0 bridgehead atoms. The van der Waals surface area contributed by atoms with E-state index >= 15 is 0 Å². The van der Waals surface area contributed by atoms with E-state index in [1.54, 1.807) is 12.3 Å². The van der Waals surface area contributed by atoms with Crippen molar-refractivity contribution < 1.29 is 24.0 Å². The Bertz CT molecular complexity index is 1330. The highest BCUT2D eigenvalue weighted by Crippen LogP contribution is 2.50. The lowest BCUT2D eigenvalue weighted by Crippen LogP contribution is -2.51. The van der Waals surface area contributed by atoms with Gasteiger partial charge in [0, 0.05) is 46.8 Å². The van der Waals surface area contributed by atoms with Crippen LogP contribution in [0.2, 0.25) is 0 Å². The molecule has 0 aliphatic heterocycles. The molecule has 6 heteroatoms. The molecule has 3 aliphatic carbocycles. The summed E-state index contributed by atoms with van der Waals surface area (Å²) in [5.41, 5.74) is 1.69. The van der Waals surface area contributed by atoms with Crippen LogP contribution in [0, 0.1) is 5.92 Å². The monoisotopic (exact) mass is 453 g/mol. The molecular weight excluding hydrogens is 430 g/mol. The van der Waals surface area contributed by atoms with Gasteiger partial charge in [-0.25, -0.2) is 0 Å². The van der Waals surface area contributed by atoms with Crippen molar-refractivity contribution in [3.8, 4) is 0 Å². The number of hydrogen-bond donors (Lipinski definition) is 1. The molecule has 0 heterocycles. The first-order valence-corrected chi connectivity index (χ1v) is 11.4. The number of Topliss-reactive ketones (excluding diaryl/α,β-unsaturated/α-hetero) is 3.